The van der Waals surface area contributed by atoms with Gasteiger partial charge in [0.1, 0.15) is 5.82 Å². The third-order valence-electron chi connectivity index (χ3n) is 2.49. The summed E-state index contributed by atoms with van der Waals surface area (Å²) in [4.78, 5) is 11.9. The van der Waals surface area contributed by atoms with Gasteiger partial charge in [0.2, 0.25) is 0 Å². The van der Waals surface area contributed by atoms with Crippen molar-refractivity contribution in [3.05, 3.63) is 64.4 Å². The Morgan fingerprint density at radius 2 is 1.94 bits per heavy atom. The molecule has 0 unspecified atom stereocenters. The van der Waals surface area contributed by atoms with E-state index in [0.29, 0.717) is 10.7 Å². The summed E-state index contributed by atoms with van der Waals surface area (Å²) in [6, 6.07) is 11.1. The number of hydrogen-bond donors (Lipinski definition) is 1. The van der Waals surface area contributed by atoms with Crippen LogP contribution in [0, 0.1) is 12.7 Å². The van der Waals surface area contributed by atoms with Crippen molar-refractivity contribution in [3.63, 3.8) is 0 Å². The molecular weight excluding hydrogens is 253 g/mol. The van der Waals surface area contributed by atoms with Crippen LogP contribution in [0.25, 0.3) is 0 Å². The smallest absolute Gasteiger partial charge is 0.258 e. The zero-order valence-corrected chi connectivity index (χ0v) is 10.5. The van der Waals surface area contributed by atoms with Gasteiger partial charge in [-0.3, -0.25) is 4.79 Å². The number of aryl methyl sites for hydroxylation is 1. The van der Waals surface area contributed by atoms with E-state index in [-0.39, 0.29) is 5.56 Å². The van der Waals surface area contributed by atoms with Gasteiger partial charge in [0.15, 0.2) is 0 Å². The van der Waals surface area contributed by atoms with Gasteiger partial charge in [0.25, 0.3) is 5.91 Å². The van der Waals surface area contributed by atoms with Crippen LogP contribution < -0.4 is 5.32 Å². The molecule has 0 aliphatic heterocycles. The number of rotatable bonds is 2. The Hall–Kier alpha value is -1.87. The van der Waals surface area contributed by atoms with Gasteiger partial charge in [0, 0.05) is 0 Å². The standard InChI is InChI=1S/C14H11ClFNO/c1-9-6-7-13(11(15)8-9)17-14(18)10-4-2-3-5-12(10)16/h2-8H,1H3,(H,17,18). The Labute approximate surface area is 109 Å². The van der Waals surface area contributed by atoms with Gasteiger partial charge >= 0.3 is 0 Å². The predicted octanol–water partition coefficient (Wildman–Crippen LogP) is 4.04. The topological polar surface area (TPSA) is 29.1 Å². The molecule has 2 aromatic carbocycles. The highest BCUT2D eigenvalue weighted by Crippen LogP contribution is 2.23. The molecule has 18 heavy (non-hydrogen) atoms. The van der Waals surface area contributed by atoms with Crippen molar-refractivity contribution in [2.75, 3.05) is 5.32 Å². The van der Waals surface area contributed by atoms with Crippen molar-refractivity contribution in [3.8, 4) is 0 Å². The van der Waals surface area contributed by atoms with Crippen LogP contribution in [0.5, 0.6) is 0 Å². The maximum Gasteiger partial charge on any atom is 0.258 e. The van der Waals surface area contributed by atoms with Crippen LogP contribution >= 0.6 is 11.6 Å². The molecule has 0 atom stereocenters. The maximum absolute atomic E-state index is 13.4. The first-order valence-electron chi connectivity index (χ1n) is 5.40. The van der Waals surface area contributed by atoms with E-state index in [4.69, 9.17) is 11.6 Å². The highest BCUT2D eigenvalue weighted by atomic mass is 35.5. The second-order valence-electron chi connectivity index (χ2n) is 3.92. The first-order chi connectivity index (χ1) is 8.58. The van der Waals surface area contributed by atoms with Crippen LogP contribution in [0.4, 0.5) is 10.1 Å². The molecule has 0 aromatic heterocycles. The summed E-state index contributed by atoms with van der Waals surface area (Å²) in [5, 5.41) is 3.01. The number of benzene rings is 2. The van der Waals surface area contributed by atoms with Gasteiger partial charge in [-0.1, -0.05) is 29.8 Å². The average molecular weight is 264 g/mol. The molecule has 0 aliphatic rings. The summed E-state index contributed by atoms with van der Waals surface area (Å²) in [5.41, 5.74) is 1.45. The van der Waals surface area contributed by atoms with Gasteiger partial charge in [-0.25, -0.2) is 4.39 Å². The number of hydrogen-bond acceptors (Lipinski definition) is 1. The molecule has 0 saturated heterocycles. The lowest BCUT2D eigenvalue weighted by atomic mass is 10.2. The van der Waals surface area contributed by atoms with Gasteiger partial charge < -0.3 is 5.32 Å². The SMILES string of the molecule is Cc1ccc(NC(=O)c2ccccc2F)c(Cl)c1. The van der Waals surface area contributed by atoms with Crippen LogP contribution in [0.3, 0.4) is 0 Å². The number of anilines is 1. The number of nitrogens with one attached hydrogen (secondary N) is 1. The molecule has 1 N–H and O–H groups in total. The van der Waals surface area contributed by atoms with Gasteiger partial charge in [-0.2, -0.15) is 0 Å². The zero-order chi connectivity index (χ0) is 13.1. The fraction of sp³-hybridized carbons (Fsp3) is 0.0714. The van der Waals surface area contributed by atoms with Crippen LogP contribution in [0.1, 0.15) is 15.9 Å². The second-order valence-corrected chi connectivity index (χ2v) is 4.32. The maximum atomic E-state index is 13.4. The summed E-state index contributed by atoms with van der Waals surface area (Å²) in [6.07, 6.45) is 0. The Balaban J connectivity index is 2.24. The van der Waals surface area contributed by atoms with E-state index in [0.717, 1.165) is 5.56 Å². The Morgan fingerprint density at radius 1 is 1.22 bits per heavy atom. The second kappa shape index (κ2) is 5.19. The van der Waals surface area contributed by atoms with Crippen molar-refractivity contribution in [1.29, 1.82) is 0 Å². The third kappa shape index (κ3) is 2.68. The molecular formula is C14H11ClFNO. The van der Waals surface area contributed by atoms with Crippen LogP contribution in [-0.4, -0.2) is 5.91 Å². The summed E-state index contributed by atoms with van der Waals surface area (Å²) in [6.45, 7) is 1.90. The molecule has 92 valence electrons. The Kier molecular flexibility index (Phi) is 3.63. The minimum Gasteiger partial charge on any atom is -0.321 e. The molecule has 0 spiro atoms. The van der Waals surface area contributed by atoms with Crippen molar-refractivity contribution in [1.82, 2.24) is 0 Å². The van der Waals surface area contributed by atoms with Gasteiger partial charge in [-0.15, -0.1) is 0 Å². The zero-order valence-electron chi connectivity index (χ0n) is 9.71. The highest BCUT2D eigenvalue weighted by Gasteiger charge is 2.12. The lowest BCUT2D eigenvalue weighted by Crippen LogP contribution is -2.13. The molecule has 2 rings (SSSR count). The summed E-state index contributed by atoms with van der Waals surface area (Å²) < 4.78 is 13.4. The van der Waals surface area contributed by atoms with E-state index < -0.39 is 11.7 Å². The molecule has 4 heteroatoms. The van der Waals surface area contributed by atoms with Gasteiger partial charge in [0.05, 0.1) is 16.3 Å². The summed E-state index contributed by atoms with van der Waals surface area (Å²) in [5.74, 6) is -1.07. The van der Waals surface area contributed by atoms with Crippen molar-refractivity contribution in [2.45, 2.75) is 6.92 Å². The molecule has 0 fully saturated rings. The van der Waals surface area contributed by atoms with Crippen molar-refractivity contribution >= 4 is 23.2 Å². The van der Waals surface area contributed by atoms with Gasteiger partial charge in [-0.05, 0) is 36.8 Å². The number of carbonyl (C=O) groups is 1. The largest absolute Gasteiger partial charge is 0.321 e. The number of halogens is 2. The van der Waals surface area contributed by atoms with Crippen molar-refractivity contribution < 1.29 is 9.18 Å². The predicted molar refractivity (Wildman–Crippen MR) is 70.5 cm³/mol. The van der Waals surface area contributed by atoms with Crippen LogP contribution in [0.2, 0.25) is 5.02 Å². The normalized spacial score (nSPS) is 10.2. The summed E-state index contributed by atoms with van der Waals surface area (Å²) >= 11 is 5.99. The number of amides is 1. The van der Waals surface area contributed by atoms with Crippen molar-refractivity contribution in [2.24, 2.45) is 0 Å². The lowest BCUT2D eigenvalue weighted by Gasteiger charge is -2.08. The molecule has 1 amide bonds. The molecule has 0 heterocycles. The number of carbonyl (C=O) groups excluding carboxylic acids is 1. The average Bonchev–Trinajstić information content (AvgIpc) is 2.33. The Bertz CT molecular complexity index is 598. The van der Waals surface area contributed by atoms with E-state index in [1.54, 1.807) is 18.2 Å². The fourth-order valence-corrected chi connectivity index (χ4v) is 1.84. The first kappa shape index (κ1) is 12.6. The molecule has 0 saturated carbocycles. The van der Waals surface area contributed by atoms with E-state index >= 15 is 0 Å². The lowest BCUT2D eigenvalue weighted by molar-refractivity contribution is 0.102. The van der Waals surface area contributed by atoms with Crippen LogP contribution in [0.15, 0.2) is 42.5 Å². The molecule has 0 radical (unpaired) electrons. The molecule has 2 nitrogen and oxygen atoms in total. The minimum atomic E-state index is -0.557. The minimum absolute atomic E-state index is 0.00542. The fourth-order valence-electron chi connectivity index (χ4n) is 1.56. The highest BCUT2D eigenvalue weighted by molar-refractivity contribution is 6.34. The molecule has 0 bridgehead atoms. The Morgan fingerprint density at radius 3 is 2.61 bits per heavy atom. The third-order valence-corrected chi connectivity index (χ3v) is 2.80. The first-order valence-corrected chi connectivity index (χ1v) is 5.78. The molecule has 0 aliphatic carbocycles. The van der Waals surface area contributed by atoms with Crippen LogP contribution in [-0.2, 0) is 0 Å². The van der Waals surface area contributed by atoms with E-state index in [2.05, 4.69) is 5.32 Å². The quantitative estimate of drug-likeness (QED) is 0.870. The van der Waals surface area contributed by atoms with E-state index in [1.165, 1.54) is 18.2 Å². The monoisotopic (exact) mass is 263 g/mol. The van der Waals surface area contributed by atoms with E-state index in [9.17, 15) is 9.18 Å². The molecule has 2 aromatic rings. The summed E-state index contributed by atoms with van der Waals surface area (Å²) in [7, 11) is 0. The van der Waals surface area contributed by atoms with E-state index in [1.807, 2.05) is 13.0 Å².